The summed E-state index contributed by atoms with van der Waals surface area (Å²) in [5, 5.41) is 3.11. The summed E-state index contributed by atoms with van der Waals surface area (Å²) in [6.45, 7) is 5.55. The first kappa shape index (κ1) is 15.6. The van der Waals surface area contributed by atoms with Crippen LogP contribution in [0.25, 0.3) is 0 Å². The molecular formula is C15H18ClNO4. The van der Waals surface area contributed by atoms with Gasteiger partial charge in [-0.05, 0) is 39.0 Å². The molecule has 0 aliphatic carbocycles. The Kier molecular flexibility index (Phi) is 4.42. The minimum atomic E-state index is -0.562. The second-order valence-corrected chi connectivity index (χ2v) is 6.33. The largest absolute Gasteiger partial charge is 0.487 e. The minimum absolute atomic E-state index is 0.0242. The third kappa shape index (κ3) is 4.36. The van der Waals surface area contributed by atoms with Crippen molar-refractivity contribution in [2.24, 2.45) is 0 Å². The van der Waals surface area contributed by atoms with Gasteiger partial charge in [0.2, 0.25) is 0 Å². The molecule has 1 N–H and O–H groups in total. The first-order valence-electron chi connectivity index (χ1n) is 6.71. The van der Waals surface area contributed by atoms with Crippen LogP contribution in [0.1, 0.15) is 37.6 Å². The van der Waals surface area contributed by atoms with E-state index in [1.165, 1.54) is 0 Å². The molecule has 0 radical (unpaired) electrons. The molecule has 0 saturated carbocycles. The fraction of sp³-hybridized carbons (Fsp3) is 0.467. The molecule has 0 fully saturated rings. The van der Waals surface area contributed by atoms with Crippen molar-refractivity contribution in [2.45, 2.75) is 38.9 Å². The molecule has 114 valence electrons. The monoisotopic (exact) mass is 311 g/mol. The highest BCUT2D eigenvalue weighted by atomic mass is 35.5. The number of amides is 1. The molecule has 0 aromatic heterocycles. The van der Waals surface area contributed by atoms with Crippen LogP contribution in [-0.4, -0.2) is 30.1 Å². The molecule has 1 aromatic carbocycles. The number of rotatable bonds is 2. The SMILES string of the molecule is CC(C)(C)OC(=O)NCC1CC(=O)c2ccc(Cl)cc2O1. The summed E-state index contributed by atoms with van der Waals surface area (Å²) in [6, 6.07) is 4.91. The van der Waals surface area contributed by atoms with E-state index < -0.39 is 17.8 Å². The normalized spacial score (nSPS) is 17.7. The summed E-state index contributed by atoms with van der Waals surface area (Å²) in [4.78, 5) is 23.6. The molecule has 0 spiro atoms. The third-order valence-electron chi connectivity index (χ3n) is 2.82. The van der Waals surface area contributed by atoms with Crippen molar-refractivity contribution < 1.29 is 19.1 Å². The predicted molar refractivity (Wildman–Crippen MR) is 79.1 cm³/mol. The van der Waals surface area contributed by atoms with Crippen LogP contribution >= 0.6 is 11.6 Å². The lowest BCUT2D eigenvalue weighted by atomic mass is 10.0. The zero-order valence-corrected chi connectivity index (χ0v) is 13.0. The number of nitrogens with one attached hydrogen (secondary N) is 1. The zero-order chi connectivity index (χ0) is 15.6. The number of fused-ring (bicyclic) bond motifs is 1. The first-order valence-corrected chi connectivity index (χ1v) is 7.08. The molecule has 1 unspecified atom stereocenters. The Hall–Kier alpha value is -1.75. The summed E-state index contributed by atoms with van der Waals surface area (Å²) in [6.07, 6.45) is -0.740. The molecule has 0 bridgehead atoms. The van der Waals surface area contributed by atoms with Crippen LogP contribution in [0.15, 0.2) is 18.2 Å². The maximum absolute atomic E-state index is 12.0. The lowest BCUT2D eigenvalue weighted by Crippen LogP contribution is -2.41. The quantitative estimate of drug-likeness (QED) is 0.911. The Labute approximate surface area is 128 Å². The number of alkyl carbamates (subject to hydrolysis) is 1. The second-order valence-electron chi connectivity index (χ2n) is 5.89. The number of carbonyl (C=O) groups is 2. The molecular weight excluding hydrogens is 294 g/mol. The molecule has 1 heterocycles. The first-order chi connectivity index (χ1) is 9.74. The lowest BCUT2D eigenvalue weighted by Gasteiger charge is -2.26. The van der Waals surface area contributed by atoms with E-state index in [9.17, 15) is 9.59 Å². The van der Waals surface area contributed by atoms with Crippen LogP contribution < -0.4 is 10.1 Å². The van der Waals surface area contributed by atoms with Crippen molar-refractivity contribution in [3.8, 4) is 5.75 Å². The zero-order valence-electron chi connectivity index (χ0n) is 12.2. The van der Waals surface area contributed by atoms with Gasteiger partial charge in [0.05, 0.1) is 12.1 Å². The van der Waals surface area contributed by atoms with Crippen molar-refractivity contribution in [3.05, 3.63) is 28.8 Å². The highest BCUT2D eigenvalue weighted by Gasteiger charge is 2.27. The van der Waals surface area contributed by atoms with Crippen molar-refractivity contribution in [1.29, 1.82) is 0 Å². The molecule has 5 nitrogen and oxygen atoms in total. The van der Waals surface area contributed by atoms with E-state index >= 15 is 0 Å². The molecule has 21 heavy (non-hydrogen) atoms. The lowest BCUT2D eigenvalue weighted by molar-refractivity contribution is 0.0487. The fourth-order valence-electron chi connectivity index (χ4n) is 1.99. The number of ether oxygens (including phenoxy) is 2. The standard InChI is InChI=1S/C15H18ClNO4/c1-15(2,3)21-14(19)17-8-10-7-12(18)11-5-4-9(16)6-13(11)20-10/h4-6,10H,7-8H2,1-3H3,(H,17,19). The van der Waals surface area contributed by atoms with Crippen LogP contribution in [0.4, 0.5) is 4.79 Å². The predicted octanol–water partition coefficient (Wildman–Crippen LogP) is 3.20. The van der Waals surface area contributed by atoms with Crippen LogP contribution in [0, 0.1) is 0 Å². The molecule has 1 atom stereocenters. The Balaban J connectivity index is 1.95. The van der Waals surface area contributed by atoms with E-state index in [0.29, 0.717) is 16.3 Å². The van der Waals surface area contributed by atoms with Crippen LogP contribution in [-0.2, 0) is 4.74 Å². The van der Waals surface area contributed by atoms with Crippen molar-refractivity contribution >= 4 is 23.5 Å². The van der Waals surface area contributed by atoms with Gasteiger partial charge in [-0.1, -0.05) is 11.6 Å². The number of ketones is 1. The van der Waals surface area contributed by atoms with Gasteiger partial charge in [-0.25, -0.2) is 4.79 Å². The average Bonchev–Trinajstić information content (AvgIpc) is 2.33. The van der Waals surface area contributed by atoms with Gasteiger partial charge in [0.25, 0.3) is 0 Å². The summed E-state index contributed by atoms with van der Waals surface area (Å²) in [7, 11) is 0. The van der Waals surface area contributed by atoms with E-state index in [-0.39, 0.29) is 18.7 Å². The molecule has 6 heteroatoms. The van der Waals surface area contributed by atoms with E-state index in [2.05, 4.69) is 5.32 Å². The highest BCUT2D eigenvalue weighted by Crippen LogP contribution is 2.30. The van der Waals surface area contributed by atoms with Crippen LogP contribution in [0.3, 0.4) is 0 Å². The van der Waals surface area contributed by atoms with Crippen molar-refractivity contribution in [2.75, 3.05) is 6.54 Å². The molecule has 0 saturated heterocycles. The number of halogens is 1. The van der Waals surface area contributed by atoms with Gasteiger partial charge >= 0.3 is 6.09 Å². The van der Waals surface area contributed by atoms with Crippen LogP contribution in [0.5, 0.6) is 5.75 Å². The number of carbonyl (C=O) groups excluding carboxylic acids is 2. The third-order valence-corrected chi connectivity index (χ3v) is 3.06. The van der Waals surface area contributed by atoms with Gasteiger partial charge in [0.15, 0.2) is 5.78 Å². The maximum atomic E-state index is 12.0. The maximum Gasteiger partial charge on any atom is 0.407 e. The van der Waals surface area contributed by atoms with Crippen molar-refractivity contribution in [3.63, 3.8) is 0 Å². The summed E-state index contributed by atoms with van der Waals surface area (Å²) < 4.78 is 10.8. The number of hydrogen-bond acceptors (Lipinski definition) is 4. The molecule has 1 aromatic rings. The van der Waals surface area contributed by atoms with Gasteiger partial charge in [-0.2, -0.15) is 0 Å². The summed E-state index contributed by atoms with van der Waals surface area (Å²) in [5.41, 5.74) is -0.0408. The highest BCUT2D eigenvalue weighted by molar-refractivity contribution is 6.30. The molecule has 1 aliphatic heterocycles. The average molecular weight is 312 g/mol. The van der Waals surface area contributed by atoms with Crippen molar-refractivity contribution in [1.82, 2.24) is 5.32 Å². The van der Waals surface area contributed by atoms with Crippen LogP contribution in [0.2, 0.25) is 5.02 Å². The Morgan fingerprint density at radius 1 is 1.48 bits per heavy atom. The molecule has 2 rings (SSSR count). The van der Waals surface area contributed by atoms with Gasteiger partial charge in [-0.15, -0.1) is 0 Å². The Morgan fingerprint density at radius 2 is 2.19 bits per heavy atom. The molecule has 1 amide bonds. The summed E-state index contributed by atoms with van der Waals surface area (Å²) in [5.74, 6) is 0.429. The van der Waals surface area contributed by atoms with E-state index in [4.69, 9.17) is 21.1 Å². The second kappa shape index (κ2) is 5.93. The van der Waals surface area contributed by atoms with Gasteiger partial charge < -0.3 is 14.8 Å². The number of hydrogen-bond donors (Lipinski definition) is 1. The minimum Gasteiger partial charge on any atom is -0.487 e. The van der Waals surface area contributed by atoms with E-state index in [1.54, 1.807) is 39.0 Å². The smallest absolute Gasteiger partial charge is 0.407 e. The van der Waals surface area contributed by atoms with E-state index in [1.807, 2.05) is 0 Å². The van der Waals surface area contributed by atoms with Gasteiger partial charge in [0.1, 0.15) is 17.5 Å². The summed E-state index contributed by atoms with van der Waals surface area (Å²) >= 11 is 5.89. The topological polar surface area (TPSA) is 64.6 Å². The van der Waals surface area contributed by atoms with Gasteiger partial charge in [-0.3, -0.25) is 4.79 Å². The van der Waals surface area contributed by atoms with E-state index in [0.717, 1.165) is 0 Å². The molecule has 1 aliphatic rings. The Morgan fingerprint density at radius 3 is 2.86 bits per heavy atom. The fourth-order valence-corrected chi connectivity index (χ4v) is 2.15. The Bertz CT molecular complexity index is 565. The number of benzene rings is 1. The van der Waals surface area contributed by atoms with Gasteiger partial charge in [0, 0.05) is 11.4 Å². The number of Topliss-reactive ketones (excluding diaryl/α,β-unsaturated/α-hetero) is 1.